The van der Waals surface area contributed by atoms with Gasteiger partial charge in [-0.25, -0.2) is 8.42 Å². The van der Waals surface area contributed by atoms with Crippen LogP contribution in [0.5, 0.6) is 0 Å². The van der Waals surface area contributed by atoms with Crippen LogP contribution in [0.25, 0.3) is 0 Å². The van der Waals surface area contributed by atoms with Gasteiger partial charge in [-0.2, -0.15) is 5.10 Å². The van der Waals surface area contributed by atoms with Gasteiger partial charge in [-0.1, -0.05) is 6.92 Å². The largest absolute Gasteiger partial charge is 0.309 e. The minimum absolute atomic E-state index is 0.174. The molecule has 0 fully saturated rings. The highest BCUT2D eigenvalue weighted by atomic mass is 32.2. The van der Waals surface area contributed by atoms with E-state index in [9.17, 15) is 8.42 Å². The highest BCUT2D eigenvalue weighted by molar-refractivity contribution is 7.90. The standard InChI is InChI=1S/C13H25N3O2S/c1-5-14-12(8-7-9-19(4,17)18)13-10-11(3)15-16(13)6-2/h10,12,14H,5-9H2,1-4H3. The molecule has 0 amide bonds. The van der Waals surface area contributed by atoms with Crippen LogP contribution in [0.15, 0.2) is 6.07 Å². The van der Waals surface area contributed by atoms with Gasteiger partial charge >= 0.3 is 0 Å². The highest BCUT2D eigenvalue weighted by Gasteiger charge is 2.16. The maximum atomic E-state index is 11.2. The summed E-state index contributed by atoms with van der Waals surface area (Å²) in [4.78, 5) is 0. The first-order chi connectivity index (χ1) is 8.87. The first-order valence-corrected chi connectivity index (χ1v) is 8.88. The van der Waals surface area contributed by atoms with Crippen LogP contribution in [0.3, 0.4) is 0 Å². The van der Waals surface area contributed by atoms with Gasteiger partial charge in [0, 0.05) is 24.6 Å². The van der Waals surface area contributed by atoms with E-state index in [1.54, 1.807) is 0 Å². The first kappa shape index (κ1) is 16.2. The maximum absolute atomic E-state index is 11.2. The third kappa shape index (κ3) is 5.32. The minimum atomic E-state index is -2.88. The molecule has 1 unspecified atom stereocenters. The van der Waals surface area contributed by atoms with Crippen LogP contribution in [0.4, 0.5) is 0 Å². The van der Waals surface area contributed by atoms with Gasteiger partial charge in [-0.05, 0) is 39.3 Å². The number of hydrogen-bond donors (Lipinski definition) is 1. The molecule has 19 heavy (non-hydrogen) atoms. The summed E-state index contributed by atoms with van der Waals surface area (Å²) in [5, 5.41) is 7.87. The van der Waals surface area contributed by atoms with Crippen molar-refractivity contribution < 1.29 is 8.42 Å². The Bertz CT molecular complexity index is 494. The molecule has 1 rings (SSSR count). The van der Waals surface area contributed by atoms with Crippen LogP contribution in [0.2, 0.25) is 0 Å². The zero-order chi connectivity index (χ0) is 14.5. The van der Waals surface area contributed by atoms with E-state index in [1.807, 2.05) is 11.6 Å². The van der Waals surface area contributed by atoms with Crippen molar-refractivity contribution in [3.8, 4) is 0 Å². The molecule has 0 bridgehead atoms. The van der Waals surface area contributed by atoms with Crippen molar-refractivity contribution in [2.45, 2.75) is 46.2 Å². The second-order valence-electron chi connectivity index (χ2n) is 4.91. The Morgan fingerprint density at radius 1 is 1.42 bits per heavy atom. The summed E-state index contributed by atoms with van der Waals surface area (Å²) in [6, 6.07) is 2.25. The normalized spacial score (nSPS) is 13.7. The predicted molar refractivity (Wildman–Crippen MR) is 78.0 cm³/mol. The molecule has 1 aromatic heterocycles. The predicted octanol–water partition coefficient (Wildman–Crippen LogP) is 1.69. The summed E-state index contributed by atoms with van der Waals surface area (Å²) < 4.78 is 24.4. The monoisotopic (exact) mass is 287 g/mol. The van der Waals surface area contributed by atoms with E-state index in [0.717, 1.165) is 30.9 Å². The smallest absolute Gasteiger partial charge is 0.147 e. The van der Waals surface area contributed by atoms with E-state index in [2.05, 4.69) is 30.3 Å². The zero-order valence-corrected chi connectivity index (χ0v) is 13.1. The minimum Gasteiger partial charge on any atom is -0.309 e. The lowest BCUT2D eigenvalue weighted by Gasteiger charge is -2.18. The highest BCUT2D eigenvalue weighted by Crippen LogP contribution is 2.20. The van der Waals surface area contributed by atoms with Crippen molar-refractivity contribution in [2.75, 3.05) is 18.6 Å². The van der Waals surface area contributed by atoms with Crippen LogP contribution in [0.1, 0.15) is 44.1 Å². The Morgan fingerprint density at radius 3 is 2.63 bits per heavy atom. The van der Waals surface area contributed by atoms with E-state index in [4.69, 9.17) is 0 Å². The molecule has 1 heterocycles. The molecule has 5 nitrogen and oxygen atoms in total. The van der Waals surface area contributed by atoms with Gasteiger partial charge in [-0.15, -0.1) is 0 Å². The van der Waals surface area contributed by atoms with Crippen LogP contribution < -0.4 is 5.32 Å². The second kappa shape index (κ2) is 7.05. The molecule has 0 aliphatic carbocycles. The molecule has 0 saturated carbocycles. The van der Waals surface area contributed by atoms with Crippen LogP contribution in [0, 0.1) is 6.92 Å². The quantitative estimate of drug-likeness (QED) is 0.790. The van der Waals surface area contributed by atoms with E-state index < -0.39 is 9.84 Å². The van der Waals surface area contributed by atoms with E-state index in [1.165, 1.54) is 6.26 Å². The summed E-state index contributed by atoms with van der Waals surface area (Å²) >= 11 is 0. The van der Waals surface area contributed by atoms with Gasteiger partial charge in [-0.3, -0.25) is 4.68 Å². The molecular weight excluding hydrogens is 262 g/mol. The SMILES string of the molecule is CCNC(CCCS(C)(=O)=O)c1cc(C)nn1CC. The molecule has 0 aromatic carbocycles. The number of aromatic nitrogens is 2. The fourth-order valence-corrected chi connectivity index (χ4v) is 2.94. The lowest BCUT2D eigenvalue weighted by molar-refractivity contribution is 0.462. The van der Waals surface area contributed by atoms with Crippen molar-refractivity contribution in [1.29, 1.82) is 0 Å². The van der Waals surface area contributed by atoms with Crippen molar-refractivity contribution in [3.05, 3.63) is 17.5 Å². The van der Waals surface area contributed by atoms with Gasteiger partial charge < -0.3 is 5.32 Å². The van der Waals surface area contributed by atoms with Gasteiger partial charge in [0.2, 0.25) is 0 Å². The fourth-order valence-electron chi connectivity index (χ4n) is 2.25. The van der Waals surface area contributed by atoms with E-state index in [-0.39, 0.29) is 11.8 Å². The summed E-state index contributed by atoms with van der Waals surface area (Å²) in [6.45, 7) is 7.79. The van der Waals surface area contributed by atoms with Gasteiger partial charge in [0.25, 0.3) is 0 Å². The zero-order valence-electron chi connectivity index (χ0n) is 12.3. The van der Waals surface area contributed by atoms with Crippen molar-refractivity contribution in [3.63, 3.8) is 0 Å². The Hall–Kier alpha value is -0.880. The van der Waals surface area contributed by atoms with E-state index in [0.29, 0.717) is 6.42 Å². The van der Waals surface area contributed by atoms with Crippen molar-refractivity contribution >= 4 is 9.84 Å². The third-order valence-electron chi connectivity index (χ3n) is 3.05. The Kier molecular flexibility index (Phi) is 6.00. The van der Waals surface area contributed by atoms with Crippen LogP contribution in [-0.2, 0) is 16.4 Å². The molecule has 0 saturated heterocycles. The van der Waals surface area contributed by atoms with Crippen molar-refractivity contribution in [2.24, 2.45) is 0 Å². The number of nitrogens with zero attached hydrogens (tertiary/aromatic N) is 2. The molecule has 1 aromatic rings. The molecule has 1 atom stereocenters. The average molecular weight is 287 g/mol. The molecular formula is C13H25N3O2S. The Labute approximate surface area is 116 Å². The summed E-state index contributed by atoms with van der Waals surface area (Å²) in [7, 11) is -2.88. The average Bonchev–Trinajstić information content (AvgIpc) is 2.67. The number of hydrogen-bond acceptors (Lipinski definition) is 4. The molecule has 0 spiro atoms. The Balaban J connectivity index is 2.76. The van der Waals surface area contributed by atoms with E-state index >= 15 is 0 Å². The molecule has 0 radical (unpaired) electrons. The Morgan fingerprint density at radius 2 is 2.11 bits per heavy atom. The van der Waals surface area contributed by atoms with Crippen LogP contribution in [-0.4, -0.2) is 36.8 Å². The summed E-state index contributed by atoms with van der Waals surface area (Å²) in [5.74, 6) is 0.244. The summed E-state index contributed by atoms with van der Waals surface area (Å²) in [6.07, 6.45) is 2.77. The first-order valence-electron chi connectivity index (χ1n) is 6.82. The number of nitrogens with one attached hydrogen (secondary N) is 1. The molecule has 6 heteroatoms. The number of sulfone groups is 1. The topological polar surface area (TPSA) is 64.0 Å². The third-order valence-corrected chi connectivity index (χ3v) is 4.08. The van der Waals surface area contributed by atoms with Gasteiger partial charge in [0.05, 0.1) is 11.4 Å². The molecule has 1 N–H and O–H groups in total. The van der Waals surface area contributed by atoms with Crippen molar-refractivity contribution in [1.82, 2.24) is 15.1 Å². The molecule has 110 valence electrons. The maximum Gasteiger partial charge on any atom is 0.147 e. The lowest BCUT2D eigenvalue weighted by atomic mass is 10.1. The second-order valence-corrected chi connectivity index (χ2v) is 7.17. The number of aryl methyl sites for hydroxylation is 2. The van der Waals surface area contributed by atoms with Gasteiger partial charge in [0.15, 0.2) is 0 Å². The summed E-state index contributed by atoms with van der Waals surface area (Å²) in [5.41, 5.74) is 2.15. The lowest BCUT2D eigenvalue weighted by Crippen LogP contribution is -2.24. The molecule has 0 aliphatic rings. The van der Waals surface area contributed by atoms with Gasteiger partial charge in [0.1, 0.15) is 9.84 Å². The van der Waals surface area contributed by atoms with Crippen LogP contribution >= 0.6 is 0 Å². The molecule has 0 aliphatic heterocycles. The fraction of sp³-hybridized carbons (Fsp3) is 0.769. The number of rotatable bonds is 8.